The number of benzene rings is 1. The fourth-order valence-corrected chi connectivity index (χ4v) is 4.59. The quantitative estimate of drug-likeness (QED) is 0.584. The van der Waals surface area contributed by atoms with Crippen LogP contribution in [0, 0.1) is 5.92 Å². The lowest BCUT2D eigenvalue weighted by Crippen LogP contribution is -2.43. The van der Waals surface area contributed by atoms with Gasteiger partial charge in [0.25, 0.3) is 0 Å². The van der Waals surface area contributed by atoms with Crippen LogP contribution in [0.1, 0.15) is 26.7 Å². The van der Waals surface area contributed by atoms with Crippen molar-refractivity contribution in [3.63, 3.8) is 0 Å². The molecule has 9 heteroatoms. The van der Waals surface area contributed by atoms with Crippen molar-refractivity contribution in [3.8, 4) is 11.5 Å². The van der Waals surface area contributed by atoms with Crippen molar-refractivity contribution in [2.45, 2.75) is 26.7 Å². The Morgan fingerprint density at radius 2 is 1.82 bits per heavy atom. The van der Waals surface area contributed by atoms with E-state index in [9.17, 15) is 14.4 Å². The molecule has 2 heterocycles. The van der Waals surface area contributed by atoms with Crippen molar-refractivity contribution >= 4 is 23.4 Å². The number of ether oxygens (including phenoxy) is 2. The molecule has 0 spiro atoms. The van der Waals surface area contributed by atoms with Gasteiger partial charge < -0.3 is 24.2 Å². The van der Waals surface area contributed by atoms with Gasteiger partial charge in [0, 0.05) is 58.3 Å². The van der Waals surface area contributed by atoms with E-state index in [0.717, 1.165) is 13.0 Å². The van der Waals surface area contributed by atoms with E-state index in [1.54, 1.807) is 37.3 Å². The zero-order chi connectivity index (χ0) is 24.0. The Bertz CT molecular complexity index is 857. The van der Waals surface area contributed by atoms with Gasteiger partial charge in [-0.15, -0.1) is 0 Å². The summed E-state index contributed by atoms with van der Waals surface area (Å²) in [6, 6.07) is 5.30. The van der Waals surface area contributed by atoms with E-state index in [0.29, 0.717) is 63.0 Å². The van der Waals surface area contributed by atoms with Crippen LogP contribution in [0.15, 0.2) is 18.2 Å². The van der Waals surface area contributed by atoms with Gasteiger partial charge in [-0.3, -0.25) is 19.3 Å². The maximum atomic E-state index is 13.3. The summed E-state index contributed by atoms with van der Waals surface area (Å²) in [7, 11) is 3.13. The number of methoxy groups -OCH3 is 2. The molecule has 9 nitrogen and oxygen atoms in total. The first-order chi connectivity index (χ1) is 15.9. The van der Waals surface area contributed by atoms with Crippen LogP contribution in [0.5, 0.6) is 11.5 Å². The molecular formula is C24H36N4O5. The number of rotatable bonds is 8. The summed E-state index contributed by atoms with van der Waals surface area (Å²) < 4.78 is 10.7. The van der Waals surface area contributed by atoms with E-state index < -0.39 is 5.92 Å². The Hall–Kier alpha value is -2.81. The van der Waals surface area contributed by atoms with E-state index in [1.165, 1.54) is 0 Å². The molecule has 1 aromatic rings. The van der Waals surface area contributed by atoms with Crippen LogP contribution in [-0.4, -0.2) is 99.0 Å². The van der Waals surface area contributed by atoms with Gasteiger partial charge in [-0.25, -0.2) is 0 Å². The van der Waals surface area contributed by atoms with Crippen LogP contribution in [0.25, 0.3) is 0 Å². The lowest BCUT2D eigenvalue weighted by atomic mass is 10.1. The molecule has 2 aliphatic heterocycles. The average molecular weight is 461 g/mol. The Morgan fingerprint density at radius 3 is 2.48 bits per heavy atom. The van der Waals surface area contributed by atoms with E-state index in [-0.39, 0.29) is 24.1 Å². The monoisotopic (exact) mass is 460 g/mol. The molecule has 182 valence electrons. The standard InChI is InChI=1S/C24H36N4O5/c1-5-26(6-2)23(30)17-25-10-7-11-27(13-12-25)24(31)18-14-22(29)28(16-18)20-15-19(32-3)8-9-21(20)33-4/h8-9,15,18H,5-7,10-14,16-17H2,1-4H3. The highest BCUT2D eigenvalue weighted by atomic mass is 16.5. The molecule has 2 aliphatic rings. The van der Waals surface area contributed by atoms with Crippen LogP contribution in [0.2, 0.25) is 0 Å². The number of carbonyl (C=O) groups excluding carboxylic acids is 3. The highest BCUT2D eigenvalue weighted by Crippen LogP contribution is 2.36. The molecule has 0 radical (unpaired) electrons. The van der Waals surface area contributed by atoms with Crippen LogP contribution in [0.3, 0.4) is 0 Å². The first kappa shape index (κ1) is 24.8. The minimum absolute atomic E-state index is 0.00429. The second kappa shape index (κ2) is 11.4. The highest BCUT2D eigenvalue weighted by molar-refractivity contribution is 6.01. The molecule has 0 saturated carbocycles. The Morgan fingerprint density at radius 1 is 1.06 bits per heavy atom. The molecule has 0 aliphatic carbocycles. The maximum absolute atomic E-state index is 13.3. The van der Waals surface area contributed by atoms with Crippen molar-refractivity contribution in [2.24, 2.45) is 5.92 Å². The Kier molecular flexibility index (Phi) is 8.55. The van der Waals surface area contributed by atoms with Crippen molar-refractivity contribution in [1.82, 2.24) is 14.7 Å². The topological polar surface area (TPSA) is 82.6 Å². The molecule has 0 N–H and O–H groups in total. The molecule has 2 saturated heterocycles. The number of amides is 3. The maximum Gasteiger partial charge on any atom is 0.236 e. The zero-order valence-corrected chi connectivity index (χ0v) is 20.2. The second-order valence-corrected chi connectivity index (χ2v) is 8.46. The van der Waals surface area contributed by atoms with Crippen molar-refractivity contribution < 1.29 is 23.9 Å². The van der Waals surface area contributed by atoms with Gasteiger partial charge in [-0.05, 0) is 32.4 Å². The molecule has 1 unspecified atom stereocenters. The van der Waals surface area contributed by atoms with Gasteiger partial charge in [0.1, 0.15) is 11.5 Å². The van der Waals surface area contributed by atoms with Gasteiger partial charge in [-0.1, -0.05) is 0 Å². The third-order valence-corrected chi connectivity index (χ3v) is 6.53. The minimum atomic E-state index is -0.391. The van der Waals surface area contributed by atoms with E-state index in [2.05, 4.69) is 4.90 Å². The predicted octanol–water partition coefficient (Wildman–Crippen LogP) is 1.46. The third-order valence-electron chi connectivity index (χ3n) is 6.53. The van der Waals surface area contributed by atoms with Crippen LogP contribution in [0.4, 0.5) is 5.69 Å². The second-order valence-electron chi connectivity index (χ2n) is 8.46. The molecule has 0 bridgehead atoms. The summed E-state index contributed by atoms with van der Waals surface area (Å²) in [6.45, 7) is 8.74. The van der Waals surface area contributed by atoms with Crippen LogP contribution < -0.4 is 14.4 Å². The number of nitrogens with zero attached hydrogens (tertiary/aromatic N) is 4. The summed E-state index contributed by atoms with van der Waals surface area (Å²) in [4.78, 5) is 46.0. The summed E-state index contributed by atoms with van der Waals surface area (Å²) >= 11 is 0. The number of hydrogen-bond donors (Lipinski definition) is 0. The van der Waals surface area contributed by atoms with Gasteiger partial charge in [0.15, 0.2) is 0 Å². The number of carbonyl (C=O) groups is 3. The zero-order valence-electron chi connectivity index (χ0n) is 20.2. The molecule has 2 fully saturated rings. The summed E-state index contributed by atoms with van der Waals surface area (Å²) in [6.07, 6.45) is 0.991. The number of likely N-dealkylation sites (N-methyl/N-ethyl adjacent to an activating group) is 1. The van der Waals surface area contributed by atoms with E-state index in [1.807, 2.05) is 23.6 Å². The molecule has 33 heavy (non-hydrogen) atoms. The summed E-state index contributed by atoms with van der Waals surface area (Å²) in [5.74, 6) is 0.841. The van der Waals surface area contributed by atoms with Crippen LogP contribution >= 0.6 is 0 Å². The molecule has 1 aromatic carbocycles. The van der Waals surface area contributed by atoms with Crippen molar-refractivity contribution in [3.05, 3.63) is 18.2 Å². The largest absolute Gasteiger partial charge is 0.497 e. The first-order valence-electron chi connectivity index (χ1n) is 11.7. The van der Waals surface area contributed by atoms with Crippen LogP contribution in [-0.2, 0) is 14.4 Å². The lowest BCUT2D eigenvalue weighted by molar-refractivity contribution is -0.135. The van der Waals surface area contributed by atoms with Crippen molar-refractivity contribution in [1.29, 1.82) is 0 Å². The first-order valence-corrected chi connectivity index (χ1v) is 11.7. The number of hydrogen-bond acceptors (Lipinski definition) is 6. The molecular weight excluding hydrogens is 424 g/mol. The van der Waals surface area contributed by atoms with E-state index >= 15 is 0 Å². The Labute approximate surface area is 196 Å². The van der Waals surface area contributed by atoms with Gasteiger partial charge in [0.2, 0.25) is 17.7 Å². The molecule has 0 aromatic heterocycles. The number of anilines is 1. The molecule has 3 amide bonds. The fourth-order valence-electron chi connectivity index (χ4n) is 4.59. The third kappa shape index (κ3) is 5.76. The lowest BCUT2D eigenvalue weighted by Gasteiger charge is -2.26. The highest BCUT2D eigenvalue weighted by Gasteiger charge is 2.38. The summed E-state index contributed by atoms with van der Waals surface area (Å²) in [5.41, 5.74) is 0.620. The smallest absolute Gasteiger partial charge is 0.236 e. The normalized spacial score (nSPS) is 19.4. The molecule has 3 rings (SSSR count). The average Bonchev–Trinajstić information content (AvgIpc) is 3.06. The van der Waals surface area contributed by atoms with Crippen molar-refractivity contribution in [2.75, 3.05) is 71.5 Å². The summed E-state index contributed by atoms with van der Waals surface area (Å²) in [5, 5.41) is 0. The van der Waals surface area contributed by atoms with Gasteiger partial charge in [0.05, 0.1) is 32.4 Å². The van der Waals surface area contributed by atoms with Gasteiger partial charge >= 0.3 is 0 Å². The van der Waals surface area contributed by atoms with Gasteiger partial charge in [-0.2, -0.15) is 0 Å². The van der Waals surface area contributed by atoms with E-state index in [4.69, 9.17) is 9.47 Å². The minimum Gasteiger partial charge on any atom is -0.497 e. The predicted molar refractivity (Wildman–Crippen MR) is 126 cm³/mol. The molecule has 1 atom stereocenters. The SMILES string of the molecule is CCN(CC)C(=O)CN1CCCN(C(=O)C2CC(=O)N(c3cc(OC)ccc3OC)C2)CC1. The Balaban J connectivity index is 1.62. The fraction of sp³-hybridized carbons (Fsp3) is 0.625.